The van der Waals surface area contributed by atoms with Gasteiger partial charge in [-0.05, 0) is 32.3 Å². The molecule has 0 bridgehead atoms. The van der Waals surface area contributed by atoms with Crippen molar-refractivity contribution in [3.63, 3.8) is 0 Å². The molecule has 0 aromatic carbocycles. The monoisotopic (exact) mass is 287 g/mol. The quantitative estimate of drug-likeness (QED) is 0.748. The van der Waals surface area contributed by atoms with Crippen molar-refractivity contribution in [1.29, 1.82) is 0 Å². The summed E-state index contributed by atoms with van der Waals surface area (Å²) in [6.45, 7) is 3.32. The number of likely N-dealkylation sites (tertiary alicyclic amines) is 1. The van der Waals surface area contributed by atoms with Crippen molar-refractivity contribution in [2.24, 2.45) is 5.73 Å². The second-order valence-corrected chi connectivity index (χ2v) is 5.61. The summed E-state index contributed by atoms with van der Waals surface area (Å²) in [6.07, 6.45) is 5.29. The first-order chi connectivity index (χ1) is 10.0. The molecule has 0 saturated carbocycles. The molecule has 1 unspecified atom stereocenters. The average molecular weight is 287 g/mol. The molecule has 1 atom stereocenters. The van der Waals surface area contributed by atoms with Crippen molar-refractivity contribution >= 4 is 5.91 Å². The van der Waals surface area contributed by atoms with Crippen LogP contribution < -0.4 is 5.73 Å². The molecule has 0 spiro atoms. The highest BCUT2D eigenvalue weighted by Gasteiger charge is 2.27. The minimum Gasteiger partial charge on any atom is -0.390 e. The Hall–Kier alpha value is -1.90. The zero-order valence-electron chi connectivity index (χ0n) is 12.3. The Morgan fingerprint density at radius 2 is 2.29 bits per heavy atom. The van der Waals surface area contributed by atoms with E-state index in [1.165, 1.54) is 0 Å². The number of nitrogens with two attached hydrogens (primary N) is 1. The van der Waals surface area contributed by atoms with E-state index in [0.717, 1.165) is 12.8 Å². The van der Waals surface area contributed by atoms with Gasteiger partial charge in [0.2, 0.25) is 0 Å². The average Bonchev–Trinajstić information content (AvgIpc) is 2.65. The predicted octanol–water partition coefficient (Wildman–Crippen LogP) is 0.769. The Balaban J connectivity index is 2.12. The highest BCUT2D eigenvalue weighted by Crippen LogP contribution is 2.22. The summed E-state index contributed by atoms with van der Waals surface area (Å²) in [7, 11) is 0. The zero-order valence-corrected chi connectivity index (χ0v) is 12.3. The summed E-state index contributed by atoms with van der Waals surface area (Å²) in [4.78, 5) is 18.4. The second kappa shape index (κ2) is 6.70. The van der Waals surface area contributed by atoms with E-state index < -0.39 is 5.60 Å². The van der Waals surface area contributed by atoms with E-state index in [-0.39, 0.29) is 12.5 Å². The third kappa shape index (κ3) is 4.28. The first-order valence-electron chi connectivity index (χ1n) is 7.17. The van der Waals surface area contributed by atoms with Crippen LogP contribution in [0.5, 0.6) is 0 Å². The third-order valence-electron chi connectivity index (χ3n) is 3.67. The maximum Gasteiger partial charge on any atom is 0.255 e. The molecule has 21 heavy (non-hydrogen) atoms. The fourth-order valence-corrected chi connectivity index (χ4v) is 2.43. The van der Waals surface area contributed by atoms with Crippen LogP contribution in [0, 0.1) is 11.8 Å². The van der Waals surface area contributed by atoms with Gasteiger partial charge in [0.15, 0.2) is 0 Å². The summed E-state index contributed by atoms with van der Waals surface area (Å²) >= 11 is 0. The minimum absolute atomic E-state index is 0.0587. The van der Waals surface area contributed by atoms with Crippen LogP contribution in [-0.2, 0) is 0 Å². The first-order valence-corrected chi connectivity index (χ1v) is 7.17. The van der Waals surface area contributed by atoms with Crippen molar-refractivity contribution in [2.75, 3.05) is 19.6 Å². The maximum atomic E-state index is 12.5. The van der Waals surface area contributed by atoms with Crippen molar-refractivity contribution < 1.29 is 9.90 Å². The molecule has 112 valence electrons. The normalized spacial score (nSPS) is 22.1. The number of carbonyl (C=O) groups is 1. The summed E-state index contributed by atoms with van der Waals surface area (Å²) in [5.74, 6) is 5.57. The van der Waals surface area contributed by atoms with E-state index in [1.54, 1.807) is 23.4 Å². The van der Waals surface area contributed by atoms with E-state index >= 15 is 0 Å². The van der Waals surface area contributed by atoms with Gasteiger partial charge in [-0.3, -0.25) is 9.78 Å². The lowest BCUT2D eigenvalue weighted by Crippen LogP contribution is -2.33. The van der Waals surface area contributed by atoms with Crippen LogP contribution >= 0.6 is 0 Å². The molecule has 1 amide bonds. The van der Waals surface area contributed by atoms with Crippen molar-refractivity contribution in [3.05, 3.63) is 29.6 Å². The molecule has 2 rings (SSSR count). The van der Waals surface area contributed by atoms with Crippen molar-refractivity contribution in [1.82, 2.24) is 9.88 Å². The molecule has 3 N–H and O–H groups in total. The van der Waals surface area contributed by atoms with Crippen LogP contribution in [0.25, 0.3) is 0 Å². The molecular weight excluding hydrogens is 266 g/mol. The van der Waals surface area contributed by atoms with Gasteiger partial charge < -0.3 is 15.7 Å². The number of aromatic nitrogens is 1. The van der Waals surface area contributed by atoms with Gasteiger partial charge in [0.25, 0.3) is 5.91 Å². The number of nitrogens with zero attached hydrogens (tertiary/aromatic N) is 2. The smallest absolute Gasteiger partial charge is 0.255 e. The highest BCUT2D eigenvalue weighted by molar-refractivity contribution is 5.94. The van der Waals surface area contributed by atoms with E-state index in [4.69, 9.17) is 5.73 Å². The van der Waals surface area contributed by atoms with E-state index in [2.05, 4.69) is 16.8 Å². The van der Waals surface area contributed by atoms with Gasteiger partial charge >= 0.3 is 0 Å². The summed E-state index contributed by atoms with van der Waals surface area (Å²) in [5, 5.41) is 10.1. The molecule has 1 saturated heterocycles. The fraction of sp³-hybridized carbons (Fsp3) is 0.500. The molecule has 1 aromatic rings. The highest BCUT2D eigenvalue weighted by atomic mass is 16.3. The molecule has 1 fully saturated rings. The molecular formula is C16H21N3O2. The first kappa shape index (κ1) is 15.5. The molecule has 1 aliphatic heterocycles. The fourth-order valence-electron chi connectivity index (χ4n) is 2.43. The minimum atomic E-state index is -0.679. The van der Waals surface area contributed by atoms with Gasteiger partial charge in [0.1, 0.15) is 0 Å². The Labute approximate surface area is 125 Å². The number of amides is 1. The van der Waals surface area contributed by atoms with Crippen LogP contribution in [0.3, 0.4) is 0 Å². The zero-order chi connectivity index (χ0) is 15.3. The molecule has 5 heteroatoms. The Morgan fingerprint density at radius 1 is 1.48 bits per heavy atom. The van der Waals surface area contributed by atoms with E-state index in [0.29, 0.717) is 30.6 Å². The van der Waals surface area contributed by atoms with Crippen molar-refractivity contribution in [3.8, 4) is 11.8 Å². The molecule has 5 nitrogen and oxygen atoms in total. The van der Waals surface area contributed by atoms with Gasteiger partial charge in [-0.15, -0.1) is 0 Å². The molecule has 0 radical (unpaired) electrons. The van der Waals surface area contributed by atoms with Crippen LogP contribution in [0.4, 0.5) is 0 Å². The molecule has 1 aliphatic rings. The standard InChI is InChI=1S/C16H21N3O2/c1-16(21)5-3-8-19(9-6-16)15(20)14-10-13(4-2-7-17)11-18-12-14/h10-12,21H,3,5-9,17H2,1H3. The molecule has 2 heterocycles. The second-order valence-electron chi connectivity index (χ2n) is 5.61. The maximum absolute atomic E-state index is 12.5. The number of hydrogen-bond acceptors (Lipinski definition) is 4. The van der Waals surface area contributed by atoms with Gasteiger partial charge in [-0.1, -0.05) is 11.8 Å². The number of pyridine rings is 1. The number of rotatable bonds is 1. The molecule has 0 aliphatic carbocycles. The Kier molecular flexibility index (Phi) is 4.94. The van der Waals surface area contributed by atoms with Gasteiger partial charge in [-0.25, -0.2) is 0 Å². The van der Waals surface area contributed by atoms with Crippen LogP contribution in [-0.4, -0.2) is 46.1 Å². The lowest BCUT2D eigenvalue weighted by molar-refractivity contribution is 0.0438. The van der Waals surface area contributed by atoms with Gasteiger partial charge in [0, 0.05) is 31.0 Å². The summed E-state index contributed by atoms with van der Waals surface area (Å²) < 4.78 is 0. The van der Waals surface area contributed by atoms with Gasteiger partial charge in [0.05, 0.1) is 17.7 Å². The number of aliphatic hydroxyl groups is 1. The van der Waals surface area contributed by atoms with Crippen LogP contribution in [0.2, 0.25) is 0 Å². The van der Waals surface area contributed by atoms with Gasteiger partial charge in [-0.2, -0.15) is 0 Å². The number of hydrogen-bond donors (Lipinski definition) is 2. The lowest BCUT2D eigenvalue weighted by Gasteiger charge is -2.22. The summed E-state index contributed by atoms with van der Waals surface area (Å²) in [6, 6.07) is 1.74. The largest absolute Gasteiger partial charge is 0.390 e. The Morgan fingerprint density at radius 3 is 3.05 bits per heavy atom. The Bertz CT molecular complexity index is 572. The van der Waals surface area contributed by atoms with Crippen LogP contribution in [0.15, 0.2) is 18.5 Å². The van der Waals surface area contributed by atoms with Crippen molar-refractivity contribution in [2.45, 2.75) is 31.8 Å². The third-order valence-corrected chi connectivity index (χ3v) is 3.67. The summed E-state index contributed by atoms with van der Waals surface area (Å²) in [5.41, 5.74) is 5.88. The molecule has 1 aromatic heterocycles. The topological polar surface area (TPSA) is 79.5 Å². The van der Waals surface area contributed by atoms with Crippen LogP contribution in [0.1, 0.15) is 42.1 Å². The lowest BCUT2D eigenvalue weighted by atomic mass is 9.98. The van der Waals surface area contributed by atoms with E-state index in [1.807, 2.05) is 6.92 Å². The van der Waals surface area contributed by atoms with E-state index in [9.17, 15) is 9.90 Å². The SMILES string of the molecule is CC1(O)CCCN(C(=O)c2cncc(C#CCN)c2)CC1. The number of carbonyl (C=O) groups excluding carboxylic acids is 1. The predicted molar refractivity (Wildman–Crippen MR) is 80.5 cm³/mol.